The van der Waals surface area contributed by atoms with Gasteiger partial charge >= 0.3 is 0 Å². The van der Waals surface area contributed by atoms with E-state index in [0.717, 1.165) is 16.8 Å². The molecule has 10 heteroatoms. The Hall–Kier alpha value is -2.55. The molecule has 162 valence electrons. The van der Waals surface area contributed by atoms with E-state index in [0.29, 0.717) is 26.6 Å². The van der Waals surface area contributed by atoms with Crippen molar-refractivity contribution in [3.05, 3.63) is 69.0 Å². The number of para-hydroxylation sites is 1. The first kappa shape index (κ1) is 23.1. The molecule has 0 aliphatic carbocycles. The molecule has 0 aliphatic heterocycles. The summed E-state index contributed by atoms with van der Waals surface area (Å²) >= 11 is 13.1. The van der Waals surface area contributed by atoms with E-state index in [2.05, 4.69) is 20.8 Å². The minimum atomic E-state index is -0.302. The maximum absolute atomic E-state index is 12.4. The lowest BCUT2D eigenvalue weighted by molar-refractivity contribution is -0.113. The van der Waals surface area contributed by atoms with Crippen LogP contribution in [0.15, 0.2) is 41.6 Å². The summed E-state index contributed by atoms with van der Waals surface area (Å²) in [4.78, 5) is 24.7. The molecule has 1 heterocycles. The molecule has 0 aliphatic rings. The summed E-state index contributed by atoms with van der Waals surface area (Å²) in [6.07, 6.45) is 0. The van der Waals surface area contributed by atoms with Crippen LogP contribution in [0.1, 0.15) is 27.3 Å². The molecule has 3 rings (SSSR count). The zero-order valence-corrected chi connectivity index (χ0v) is 19.5. The van der Waals surface area contributed by atoms with Gasteiger partial charge in [0.25, 0.3) is 5.91 Å². The molecular formula is C21H21Cl2N5O2S. The highest BCUT2D eigenvalue weighted by Crippen LogP contribution is 2.23. The lowest BCUT2D eigenvalue weighted by Crippen LogP contribution is -2.24. The Morgan fingerprint density at radius 3 is 2.45 bits per heavy atom. The Bertz CT molecular complexity index is 1110. The van der Waals surface area contributed by atoms with E-state index in [-0.39, 0.29) is 24.1 Å². The smallest absolute Gasteiger partial charge is 0.251 e. The molecule has 2 N–H and O–H groups in total. The van der Waals surface area contributed by atoms with E-state index in [1.807, 2.05) is 32.0 Å². The summed E-state index contributed by atoms with van der Waals surface area (Å²) in [5, 5.41) is 15.2. The van der Waals surface area contributed by atoms with Crippen molar-refractivity contribution in [3.63, 3.8) is 0 Å². The zero-order valence-electron chi connectivity index (χ0n) is 17.2. The maximum atomic E-state index is 12.4. The Balaban J connectivity index is 1.55. The minimum absolute atomic E-state index is 0.125. The fourth-order valence-corrected chi connectivity index (χ4v) is 3.87. The van der Waals surface area contributed by atoms with E-state index >= 15 is 0 Å². The molecular weight excluding hydrogens is 457 g/mol. The van der Waals surface area contributed by atoms with Gasteiger partial charge in [-0.1, -0.05) is 53.2 Å². The van der Waals surface area contributed by atoms with Crippen LogP contribution in [0.25, 0.3) is 0 Å². The molecule has 0 radical (unpaired) electrons. The number of amides is 2. The van der Waals surface area contributed by atoms with Gasteiger partial charge in [0.15, 0.2) is 11.0 Å². The summed E-state index contributed by atoms with van der Waals surface area (Å²) in [6, 6.07) is 10.5. The van der Waals surface area contributed by atoms with Crippen LogP contribution in [-0.2, 0) is 18.4 Å². The van der Waals surface area contributed by atoms with Crippen LogP contribution in [0.2, 0.25) is 10.0 Å². The molecule has 31 heavy (non-hydrogen) atoms. The van der Waals surface area contributed by atoms with Crippen molar-refractivity contribution in [2.24, 2.45) is 7.05 Å². The highest BCUT2D eigenvalue weighted by molar-refractivity contribution is 7.99. The minimum Gasteiger partial charge on any atom is -0.345 e. The number of halogens is 2. The van der Waals surface area contributed by atoms with Crippen LogP contribution in [0.3, 0.4) is 0 Å². The third-order valence-corrected chi connectivity index (χ3v) is 6.35. The van der Waals surface area contributed by atoms with E-state index in [4.69, 9.17) is 23.2 Å². The standard InChI is InChI=1S/C21H21Cl2N5O2S/c1-12-5-4-6-13(2)19(12)25-18(29)11-31-21-27-26-17(28(21)3)10-24-20(30)14-7-8-15(22)16(23)9-14/h4-9H,10-11H2,1-3H3,(H,24,30)(H,25,29). The number of benzene rings is 2. The third kappa shape index (κ3) is 5.78. The molecule has 0 atom stereocenters. The second kappa shape index (κ2) is 10.2. The molecule has 0 spiro atoms. The highest BCUT2D eigenvalue weighted by atomic mass is 35.5. The fourth-order valence-electron chi connectivity index (χ4n) is 2.84. The van der Waals surface area contributed by atoms with Crippen molar-refractivity contribution in [2.75, 3.05) is 11.1 Å². The maximum Gasteiger partial charge on any atom is 0.251 e. The summed E-state index contributed by atoms with van der Waals surface area (Å²) < 4.78 is 1.74. The summed E-state index contributed by atoms with van der Waals surface area (Å²) in [7, 11) is 1.78. The monoisotopic (exact) mass is 477 g/mol. The van der Waals surface area contributed by atoms with E-state index in [9.17, 15) is 9.59 Å². The SMILES string of the molecule is Cc1cccc(C)c1NC(=O)CSc1nnc(CNC(=O)c2ccc(Cl)c(Cl)c2)n1C. The predicted octanol–water partition coefficient (Wildman–Crippen LogP) is 4.40. The molecule has 7 nitrogen and oxygen atoms in total. The number of anilines is 1. The molecule has 2 aromatic carbocycles. The van der Waals surface area contributed by atoms with Crippen molar-refractivity contribution in [1.82, 2.24) is 20.1 Å². The number of hydrogen-bond acceptors (Lipinski definition) is 5. The van der Waals surface area contributed by atoms with Crippen molar-refractivity contribution in [1.29, 1.82) is 0 Å². The quantitative estimate of drug-likeness (QED) is 0.492. The first-order chi connectivity index (χ1) is 14.8. The van der Waals surface area contributed by atoms with Crippen molar-refractivity contribution in [2.45, 2.75) is 25.5 Å². The second-order valence-corrected chi connectivity index (χ2v) is 8.63. The number of aryl methyl sites for hydroxylation is 2. The van der Waals surface area contributed by atoms with Gasteiger partial charge in [-0.25, -0.2) is 0 Å². The first-order valence-electron chi connectivity index (χ1n) is 9.36. The summed E-state index contributed by atoms with van der Waals surface area (Å²) in [6.45, 7) is 4.09. The topological polar surface area (TPSA) is 88.9 Å². The van der Waals surface area contributed by atoms with E-state index in [1.165, 1.54) is 17.8 Å². The number of nitrogens with one attached hydrogen (secondary N) is 2. The van der Waals surface area contributed by atoms with Crippen molar-refractivity contribution >= 4 is 52.5 Å². The van der Waals surface area contributed by atoms with Gasteiger partial charge in [0.2, 0.25) is 5.91 Å². The van der Waals surface area contributed by atoms with Gasteiger partial charge < -0.3 is 15.2 Å². The fraction of sp³-hybridized carbons (Fsp3) is 0.238. The Labute approximate surface area is 194 Å². The molecule has 0 saturated carbocycles. The van der Waals surface area contributed by atoms with Crippen molar-refractivity contribution in [3.8, 4) is 0 Å². The summed E-state index contributed by atoms with van der Waals surface area (Å²) in [5.74, 6) is 0.324. The van der Waals surface area contributed by atoms with Gasteiger partial charge in [0.1, 0.15) is 0 Å². The number of rotatable bonds is 7. The highest BCUT2D eigenvalue weighted by Gasteiger charge is 2.14. The van der Waals surface area contributed by atoms with Crippen LogP contribution in [0.5, 0.6) is 0 Å². The van der Waals surface area contributed by atoms with E-state index < -0.39 is 0 Å². The molecule has 0 bridgehead atoms. The van der Waals surface area contributed by atoms with E-state index in [1.54, 1.807) is 23.7 Å². The van der Waals surface area contributed by atoms with Crippen LogP contribution in [0.4, 0.5) is 5.69 Å². The van der Waals surface area contributed by atoms with Crippen LogP contribution in [-0.4, -0.2) is 32.3 Å². The Morgan fingerprint density at radius 2 is 1.77 bits per heavy atom. The molecule has 1 aromatic heterocycles. The lowest BCUT2D eigenvalue weighted by atomic mass is 10.1. The number of carbonyl (C=O) groups excluding carboxylic acids is 2. The van der Waals surface area contributed by atoms with Gasteiger partial charge in [0.05, 0.1) is 22.3 Å². The molecule has 0 saturated heterocycles. The molecule has 0 fully saturated rings. The van der Waals surface area contributed by atoms with Gasteiger partial charge in [-0.15, -0.1) is 10.2 Å². The van der Waals surface area contributed by atoms with Gasteiger partial charge in [-0.2, -0.15) is 0 Å². The predicted molar refractivity (Wildman–Crippen MR) is 124 cm³/mol. The molecule has 3 aromatic rings. The number of hydrogen-bond donors (Lipinski definition) is 2. The average molecular weight is 478 g/mol. The first-order valence-corrected chi connectivity index (χ1v) is 11.1. The van der Waals surface area contributed by atoms with Gasteiger partial charge in [-0.05, 0) is 43.2 Å². The molecule has 2 amide bonds. The molecule has 0 unspecified atom stereocenters. The van der Waals surface area contributed by atoms with Crippen molar-refractivity contribution < 1.29 is 9.59 Å². The van der Waals surface area contributed by atoms with Crippen LogP contribution < -0.4 is 10.6 Å². The third-order valence-electron chi connectivity index (χ3n) is 4.59. The number of aromatic nitrogens is 3. The Kier molecular flexibility index (Phi) is 7.59. The Morgan fingerprint density at radius 1 is 1.06 bits per heavy atom. The second-order valence-electron chi connectivity index (χ2n) is 6.87. The average Bonchev–Trinajstić information content (AvgIpc) is 3.09. The zero-order chi connectivity index (χ0) is 22.5. The number of carbonyl (C=O) groups is 2. The van der Waals surface area contributed by atoms with Gasteiger partial charge in [0, 0.05) is 18.3 Å². The number of thioether (sulfide) groups is 1. The van der Waals surface area contributed by atoms with Crippen LogP contribution in [0, 0.1) is 13.8 Å². The lowest BCUT2D eigenvalue weighted by Gasteiger charge is -2.11. The number of nitrogens with zero attached hydrogens (tertiary/aromatic N) is 3. The largest absolute Gasteiger partial charge is 0.345 e. The van der Waals surface area contributed by atoms with Gasteiger partial charge in [-0.3, -0.25) is 9.59 Å². The summed E-state index contributed by atoms with van der Waals surface area (Å²) in [5.41, 5.74) is 3.25. The normalized spacial score (nSPS) is 10.7. The van der Waals surface area contributed by atoms with Crippen LogP contribution >= 0.6 is 35.0 Å².